The molecule has 1 heterocycles. The lowest BCUT2D eigenvalue weighted by Crippen LogP contribution is -1.91. The Morgan fingerprint density at radius 2 is 2.00 bits per heavy atom. The molecule has 1 aromatic heterocycles. The van der Waals surface area contributed by atoms with E-state index in [0.717, 1.165) is 33.5 Å². The van der Waals surface area contributed by atoms with Gasteiger partial charge >= 0.3 is 5.97 Å². The van der Waals surface area contributed by atoms with Gasteiger partial charge in [0, 0.05) is 23.4 Å². The van der Waals surface area contributed by atoms with Crippen LogP contribution in [0.25, 0.3) is 16.8 Å². The molecule has 0 atom stereocenters. The van der Waals surface area contributed by atoms with Crippen molar-refractivity contribution in [3.8, 4) is 11.3 Å². The van der Waals surface area contributed by atoms with Crippen molar-refractivity contribution in [3.63, 3.8) is 0 Å². The SMILES string of the molecule is Cc1cccc2c1-c1ncccc1/C2=C\C(=O)O. The fraction of sp³-hybridized carbons (Fsp3) is 0.0667. The predicted octanol–water partition coefficient (Wildman–Crippen LogP) is 2.89. The molecule has 2 aromatic rings. The maximum atomic E-state index is 11.0. The topological polar surface area (TPSA) is 50.2 Å². The van der Waals surface area contributed by atoms with Crippen molar-refractivity contribution in [2.45, 2.75) is 6.92 Å². The summed E-state index contributed by atoms with van der Waals surface area (Å²) in [4.78, 5) is 15.3. The Hall–Kier alpha value is -2.42. The number of nitrogens with zero attached hydrogens (tertiary/aromatic N) is 1. The smallest absolute Gasteiger partial charge is 0.328 e. The number of hydrogen-bond acceptors (Lipinski definition) is 2. The third-order valence-electron chi connectivity index (χ3n) is 3.17. The molecule has 1 aliphatic carbocycles. The van der Waals surface area contributed by atoms with Gasteiger partial charge in [0.2, 0.25) is 0 Å². The fourth-order valence-electron chi connectivity index (χ4n) is 2.45. The Balaban J connectivity index is 2.39. The molecule has 18 heavy (non-hydrogen) atoms. The monoisotopic (exact) mass is 237 g/mol. The average Bonchev–Trinajstić information content (AvgIpc) is 2.65. The highest BCUT2D eigenvalue weighted by atomic mass is 16.4. The van der Waals surface area contributed by atoms with Gasteiger partial charge in [-0.15, -0.1) is 0 Å². The molecule has 3 nitrogen and oxygen atoms in total. The zero-order chi connectivity index (χ0) is 12.7. The van der Waals surface area contributed by atoms with Gasteiger partial charge < -0.3 is 5.11 Å². The minimum atomic E-state index is -0.936. The Morgan fingerprint density at radius 1 is 1.22 bits per heavy atom. The minimum Gasteiger partial charge on any atom is -0.478 e. The largest absolute Gasteiger partial charge is 0.478 e. The van der Waals surface area contributed by atoms with E-state index in [1.165, 1.54) is 6.08 Å². The second kappa shape index (κ2) is 3.81. The number of aliphatic carboxylic acids is 1. The standard InChI is InChI=1S/C15H11NO2/c1-9-4-2-5-10-12(8-13(17)18)11-6-3-7-16-15(11)14(9)10/h2-8H,1H3,(H,17,18)/b12-8-. The van der Waals surface area contributed by atoms with Crippen LogP contribution in [0.15, 0.2) is 42.6 Å². The van der Waals surface area contributed by atoms with E-state index in [1.54, 1.807) is 6.20 Å². The van der Waals surface area contributed by atoms with Gasteiger partial charge in [-0.1, -0.05) is 24.3 Å². The lowest BCUT2D eigenvalue weighted by atomic mass is 10.0. The molecule has 0 fully saturated rings. The lowest BCUT2D eigenvalue weighted by molar-refractivity contribution is -0.131. The van der Waals surface area contributed by atoms with Crippen molar-refractivity contribution < 1.29 is 9.90 Å². The summed E-state index contributed by atoms with van der Waals surface area (Å²) in [6, 6.07) is 9.64. The van der Waals surface area contributed by atoms with E-state index in [2.05, 4.69) is 4.98 Å². The number of carboxylic acid groups (broad SMARTS) is 1. The van der Waals surface area contributed by atoms with Gasteiger partial charge in [-0.2, -0.15) is 0 Å². The molecule has 0 amide bonds. The minimum absolute atomic E-state index is 0.740. The van der Waals surface area contributed by atoms with Crippen molar-refractivity contribution in [2.75, 3.05) is 0 Å². The summed E-state index contributed by atoms with van der Waals surface area (Å²) in [5, 5.41) is 9.00. The first-order chi connectivity index (χ1) is 8.68. The van der Waals surface area contributed by atoms with Crippen molar-refractivity contribution in [2.24, 2.45) is 0 Å². The zero-order valence-corrected chi connectivity index (χ0v) is 9.84. The molecule has 3 heteroatoms. The molecule has 1 aliphatic rings. The highest BCUT2D eigenvalue weighted by Crippen LogP contribution is 2.44. The summed E-state index contributed by atoms with van der Waals surface area (Å²) in [5.41, 5.74) is 5.61. The van der Waals surface area contributed by atoms with E-state index < -0.39 is 5.97 Å². The molecule has 3 rings (SSSR count). The van der Waals surface area contributed by atoms with E-state index in [4.69, 9.17) is 5.11 Å². The first-order valence-electron chi connectivity index (χ1n) is 5.69. The summed E-state index contributed by atoms with van der Waals surface area (Å²) in [5.74, 6) is -0.936. The van der Waals surface area contributed by atoms with Crippen molar-refractivity contribution in [3.05, 3.63) is 59.3 Å². The van der Waals surface area contributed by atoms with E-state index >= 15 is 0 Å². The van der Waals surface area contributed by atoms with Crippen LogP contribution in [0.1, 0.15) is 16.7 Å². The highest BCUT2D eigenvalue weighted by Gasteiger charge is 2.25. The Labute approximate surface area is 104 Å². The Kier molecular flexibility index (Phi) is 2.27. The summed E-state index contributed by atoms with van der Waals surface area (Å²) < 4.78 is 0. The molecule has 0 saturated heterocycles. The zero-order valence-electron chi connectivity index (χ0n) is 9.84. The van der Waals surface area contributed by atoms with Gasteiger partial charge in [-0.3, -0.25) is 4.98 Å². The molecule has 0 bridgehead atoms. The molecule has 0 aliphatic heterocycles. The quantitative estimate of drug-likeness (QED) is 0.662. The first kappa shape index (κ1) is 10.7. The average molecular weight is 237 g/mol. The molecule has 1 aromatic carbocycles. The maximum Gasteiger partial charge on any atom is 0.328 e. The molecular formula is C15H11NO2. The third kappa shape index (κ3) is 1.44. The van der Waals surface area contributed by atoms with E-state index in [0.29, 0.717) is 0 Å². The normalized spacial score (nSPS) is 14.4. The van der Waals surface area contributed by atoms with Crippen molar-refractivity contribution >= 4 is 11.5 Å². The second-order valence-corrected chi connectivity index (χ2v) is 4.29. The number of benzene rings is 1. The molecule has 0 unspecified atom stereocenters. The number of carbonyl (C=O) groups is 1. The first-order valence-corrected chi connectivity index (χ1v) is 5.69. The number of rotatable bonds is 1. The van der Waals surface area contributed by atoms with Gasteiger partial charge in [-0.25, -0.2) is 4.79 Å². The number of aryl methyl sites for hydroxylation is 1. The molecule has 0 spiro atoms. The van der Waals surface area contributed by atoms with Gasteiger partial charge in [0.05, 0.1) is 5.69 Å². The number of aromatic nitrogens is 1. The molecule has 88 valence electrons. The van der Waals surface area contributed by atoms with Crippen LogP contribution in [0.4, 0.5) is 0 Å². The summed E-state index contributed by atoms with van der Waals surface area (Å²) in [6.45, 7) is 2.01. The number of fused-ring (bicyclic) bond motifs is 3. The van der Waals surface area contributed by atoms with Crippen molar-refractivity contribution in [1.82, 2.24) is 4.98 Å². The summed E-state index contributed by atoms with van der Waals surface area (Å²) in [6.07, 6.45) is 2.99. The number of hydrogen-bond donors (Lipinski definition) is 1. The predicted molar refractivity (Wildman–Crippen MR) is 69.1 cm³/mol. The van der Waals surface area contributed by atoms with E-state index in [1.807, 2.05) is 37.3 Å². The maximum absolute atomic E-state index is 11.0. The van der Waals surface area contributed by atoms with Crippen LogP contribution in [0, 0.1) is 6.92 Å². The summed E-state index contributed by atoms with van der Waals surface area (Å²) in [7, 11) is 0. The number of carboxylic acids is 1. The number of pyridine rings is 1. The van der Waals surface area contributed by atoms with Crippen molar-refractivity contribution in [1.29, 1.82) is 0 Å². The van der Waals surface area contributed by atoms with E-state index in [-0.39, 0.29) is 0 Å². The van der Waals surface area contributed by atoms with Crippen LogP contribution in [-0.2, 0) is 4.79 Å². The Morgan fingerprint density at radius 3 is 2.78 bits per heavy atom. The van der Waals surface area contributed by atoms with Gasteiger partial charge in [0.1, 0.15) is 0 Å². The lowest BCUT2D eigenvalue weighted by Gasteiger charge is -2.03. The van der Waals surface area contributed by atoms with Gasteiger partial charge in [0.15, 0.2) is 0 Å². The second-order valence-electron chi connectivity index (χ2n) is 4.29. The molecule has 0 radical (unpaired) electrons. The molecular weight excluding hydrogens is 226 g/mol. The van der Waals surface area contributed by atoms with Crippen LogP contribution in [0.2, 0.25) is 0 Å². The van der Waals surface area contributed by atoms with Crippen LogP contribution in [0.3, 0.4) is 0 Å². The van der Waals surface area contributed by atoms with Crippen LogP contribution in [0.5, 0.6) is 0 Å². The Bertz CT molecular complexity index is 687. The molecule has 1 N–H and O–H groups in total. The van der Waals surface area contributed by atoms with Crippen LogP contribution >= 0.6 is 0 Å². The summed E-state index contributed by atoms with van der Waals surface area (Å²) >= 11 is 0. The van der Waals surface area contributed by atoms with Gasteiger partial charge in [0.25, 0.3) is 0 Å². The van der Waals surface area contributed by atoms with Crippen LogP contribution in [-0.4, -0.2) is 16.1 Å². The van der Waals surface area contributed by atoms with Gasteiger partial charge in [-0.05, 0) is 29.7 Å². The fourth-order valence-corrected chi connectivity index (χ4v) is 2.45. The van der Waals surface area contributed by atoms with Crippen LogP contribution < -0.4 is 0 Å². The highest BCUT2D eigenvalue weighted by molar-refractivity contribution is 6.06. The van der Waals surface area contributed by atoms with E-state index in [9.17, 15) is 4.79 Å². The third-order valence-corrected chi connectivity index (χ3v) is 3.17. The molecule has 0 saturated carbocycles.